The molecule has 8 aromatic carbocycles. The molecule has 0 saturated heterocycles. The Morgan fingerprint density at radius 1 is 0.326 bits per heavy atom. The fourth-order valence-corrected chi connectivity index (χ4v) is 7.46. The largest absolute Gasteiger partial charge is 0.309 e. The normalized spacial score (nSPS) is 12.2. The third kappa shape index (κ3) is 3.22. The number of fused-ring (bicyclic) bond motifs is 8. The van der Waals surface area contributed by atoms with Gasteiger partial charge in [-0.15, -0.1) is 0 Å². The molecule has 198 valence electrons. The Balaban J connectivity index is 1.23. The Morgan fingerprint density at radius 2 is 0.907 bits per heavy atom. The van der Waals surface area contributed by atoms with E-state index in [9.17, 15) is 0 Å². The van der Waals surface area contributed by atoms with E-state index < -0.39 is 0 Å². The molecule has 0 atom stereocenters. The highest BCUT2D eigenvalue weighted by Gasteiger charge is 2.22. The molecule has 43 heavy (non-hydrogen) atoms. The van der Waals surface area contributed by atoms with Crippen LogP contribution in [-0.4, -0.2) is 4.57 Å². The molecule has 0 spiro atoms. The van der Waals surface area contributed by atoms with Crippen molar-refractivity contribution < 1.29 is 0 Å². The highest BCUT2D eigenvalue weighted by molar-refractivity contribution is 6.18. The fraction of sp³-hybridized carbons (Fsp3) is 0. The van der Waals surface area contributed by atoms with Gasteiger partial charge in [0.05, 0.1) is 11.0 Å². The fourth-order valence-electron chi connectivity index (χ4n) is 7.46. The Hall–Kier alpha value is -5.66. The first kappa shape index (κ1) is 23.0. The van der Waals surface area contributed by atoms with E-state index in [-0.39, 0.29) is 0 Å². The summed E-state index contributed by atoms with van der Waals surface area (Å²) in [6, 6.07) is 56.1. The lowest BCUT2D eigenvalue weighted by Crippen LogP contribution is -1.93. The molecule has 1 aliphatic carbocycles. The zero-order valence-electron chi connectivity index (χ0n) is 23.4. The number of aromatic nitrogens is 1. The standard InChI is InChI=1S/C42H25N/c1-2-12-33(13-3-1)43-40-24-27-10-5-4-9-26(27)21-37(40)38-22-31-19-28(17-18-29(31)25-41(38)43)32-20-30-11-8-16-36-34-14-6-7-15-35(34)39(23-32)42(30)36/h1-25H. The predicted octanol–water partition coefficient (Wildman–Crippen LogP) is 11.6. The van der Waals surface area contributed by atoms with E-state index in [0.29, 0.717) is 0 Å². The molecule has 1 heteroatoms. The van der Waals surface area contributed by atoms with Gasteiger partial charge in [0.1, 0.15) is 0 Å². The molecule has 0 fully saturated rings. The first-order valence-corrected chi connectivity index (χ1v) is 14.9. The van der Waals surface area contributed by atoms with Crippen LogP contribution in [0.3, 0.4) is 0 Å². The number of hydrogen-bond donors (Lipinski definition) is 0. The van der Waals surface area contributed by atoms with Crippen molar-refractivity contribution in [2.75, 3.05) is 0 Å². The molecular weight excluding hydrogens is 518 g/mol. The van der Waals surface area contributed by atoms with E-state index in [4.69, 9.17) is 0 Å². The first-order valence-electron chi connectivity index (χ1n) is 14.9. The van der Waals surface area contributed by atoms with Gasteiger partial charge in [-0.05, 0) is 120 Å². The summed E-state index contributed by atoms with van der Waals surface area (Å²) in [4.78, 5) is 0. The maximum absolute atomic E-state index is 2.42. The van der Waals surface area contributed by atoms with Crippen LogP contribution >= 0.6 is 0 Å². The topological polar surface area (TPSA) is 4.93 Å². The predicted molar refractivity (Wildman–Crippen MR) is 183 cm³/mol. The minimum absolute atomic E-state index is 1.18. The molecule has 1 aliphatic rings. The van der Waals surface area contributed by atoms with Gasteiger partial charge < -0.3 is 4.57 Å². The Kier molecular flexibility index (Phi) is 4.51. The van der Waals surface area contributed by atoms with Crippen LogP contribution in [0.5, 0.6) is 0 Å². The Morgan fingerprint density at radius 3 is 1.70 bits per heavy atom. The van der Waals surface area contributed by atoms with E-state index in [1.54, 1.807) is 0 Å². The molecule has 0 amide bonds. The molecule has 1 heterocycles. The number of hydrogen-bond acceptors (Lipinski definition) is 0. The molecule has 10 rings (SSSR count). The SMILES string of the molecule is c1ccc(-n2c3cc4ccccc4cc3c3cc4cc(-c5cc6c7c(cccc7c5)-c5ccccc5-6)ccc4cc32)cc1. The second kappa shape index (κ2) is 8.44. The average Bonchev–Trinajstić information content (AvgIpc) is 3.55. The lowest BCUT2D eigenvalue weighted by molar-refractivity contribution is 1.18. The zero-order valence-corrected chi connectivity index (χ0v) is 23.4. The van der Waals surface area contributed by atoms with Gasteiger partial charge in [0, 0.05) is 16.5 Å². The van der Waals surface area contributed by atoms with Crippen molar-refractivity contribution in [3.8, 4) is 39.1 Å². The van der Waals surface area contributed by atoms with Crippen LogP contribution in [0.1, 0.15) is 0 Å². The molecule has 0 N–H and O–H groups in total. The van der Waals surface area contributed by atoms with Gasteiger partial charge >= 0.3 is 0 Å². The summed E-state index contributed by atoms with van der Waals surface area (Å²) in [5.41, 5.74) is 11.5. The van der Waals surface area contributed by atoms with Gasteiger partial charge in [0.2, 0.25) is 0 Å². The molecule has 1 nitrogen and oxygen atoms in total. The molecular formula is C42H25N. The van der Waals surface area contributed by atoms with E-state index >= 15 is 0 Å². The van der Waals surface area contributed by atoms with Gasteiger partial charge in [-0.3, -0.25) is 0 Å². The molecule has 0 saturated carbocycles. The second-order valence-corrected chi connectivity index (χ2v) is 11.8. The lowest BCUT2D eigenvalue weighted by Gasteiger charge is -2.10. The van der Waals surface area contributed by atoms with Gasteiger partial charge in [-0.25, -0.2) is 0 Å². The van der Waals surface area contributed by atoms with Crippen LogP contribution < -0.4 is 0 Å². The third-order valence-corrected chi connectivity index (χ3v) is 9.42. The van der Waals surface area contributed by atoms with Gasteiger partial charge in [0.25, 0.3) is 0 Å². The van der Waals surface area contributed by atoms with Crippen LogP contribution in [0.15, 0.2) is 152 Å². The maximum atomic E-state index is 2.42. The molecule has 1 aromatic heterocycles. The highest BCUT2D eigenvalue weighted by atomic mass is 15.0. The van der Waals surface area contributed by atoms with E-state index in [1.807, 2.05) is 0 Å². The number of para-hydroxylation sites is 1. The zero-order chi connectivity index (χ0) is 28.1. The van der Waals surface area contributed by atoms with Crippen LogP contribution in [-0.2, 0) is 0 Å². The monoisotopic (exact) mass is 543 g/mol. The third-order valence-electron chi connectivity index (χ3n) is 9.42. The van der Waals surface area contributed by atoms with Crippen molar-refractivity contribution in [2.45, 2.75) is 0 Å². The summed E-state index contributed by atoms with van der Waals surface area (Å²) in [7, 11) is 0. The van der Waals surface area contributed by atoms with Crippen LogP contribution in [0.25, 0.3) is 93.2 Å². The summed E-state index contributed by atoms with van der Waals surface area (Å²) in [6.45, 7) is 0. The minimum atomic E-state index is 1.18. The molecule has 0 aliphatic heterocycles. The van der Waals surface area contributed by atoms with Gasteiger partial charge in [0.15, 0.2) is 0 Å². The number of rotatable bonds is 2. The molecule has 0 bridgehead atoms. The second-order valence-electron chi connectivity index (χ2n) is 11.8. The van der Waals surface area contributed by atoms with Crippen LogP contribution in [0.4, 0.5) is 0 Å². The van der Waals surface area contributed by atoms with Crippen molar-refractivity contribution in [2.24, 2.45) is 0 Å². The summed E-state index contributed by atoms with van der Waals surface area (Å²) in [6.07, 6.45) is 0. The Labute approximate surface area is 248 Å². The minimum Gasteiger partial charge on any atom is -0.309 e. The Bertz CT molecular complexity index is 2600. The van der Waals surface area contributed by atoms with Gasteiger partial charge in [-0.2, -0.15) is 0 Å². The smallest absolute Gasteiger partial charge is 0.0547 e. The molecule has 9 aromatic rings. The van der Waals surface area contributed by atoms with Crippen LogP contribution in [0, 0.1) is 0 Å². The quantitative estimate of drug-likeness (QED) is 0.204. The number of nitrogens with zero attached hydrogens (tertiary/aromatic N) is 1. The van der Waals surface area contributed by atoms with Crippen molar-refractivity contribution in [3.05, 3.63) is 152 Å². The van der Waals surface area contributed by atoms with Crippen molar-refractivity contribution in [1.82, 2.24) is 4.57 Å². The summed E-state index contributed by atoms with van der Waals surface area (Å²) in [5, 5.41) is 10.3. The van der Waals surface area contributed by atoms with E-state index in [0.717, 1.165) is 0 Å². The van der Waals surface area contributed by atoms with Crippen molar-refractivity contribution in [3.63, 3.8) is 0 Å². The van der Waals surface area contributed by atoms with E-state index in [2.05, 4.69) is 156 Å². The summed E-state index contributed by atoms with van der Waals surface area (Å²) in [5.74, 6) is 0. The molecule has 0 unspecified atom stereocenters. The van der Waals surface area contributed by atoms with Crippen molar-refractivity contribution in [1.29, 1.82) is 0 Å². The summed E-state index contributed by atoms with van der Waals surface area (Å²) < 4.78 is 2.42. The average molecular weight is 544 g/mol. The lowest BCUT2D eigenvalue weighted by atomic mass is 9.94. The summed E-state index contributed by atoms with van der Waals surface area (Å²) >= 11 is 0. The number of benzene rings is 8. The molecule has 0 radical (unpaired) electrons. The van der Waals surface area contributed by atoms with Crippen LogP contribution in [0.2, 0.25) is 0 Å². The first-order chi connectivity index (χ1) is 21.3. The highest BCUT2D eigenvalue weighted by Crippen LogP contribution is 2.48. The van der Waals surface area contributed by atoms with Crippen molar-refractivity contribution >= 4 is 54.1 Å². The maximum Gasteiger partial charge on any atom is 0.0547 e. The van der Waals surface area contributed by atoms with E-state index in [1.165, 1.54) is 93.2 Å². The van der Waals surface area contributed by atoms with Gasteiger partial charge in [-0.1, -0.05) is 97.1 Å².